The number of amidine groups is 1. The van der Waals surface area contributed by atoms with E-state index in [-0.39, 0.29) is 42.5 Å². The standard InChI is InChI=1S/C19H23FN4O3/c1-11-7-13(5-6-15(11)20)19(26)24-9-14-4-3-12(18(21)22)8-16(14)27-10-17(25)23-2/h3-6,8,11H,7,9-10H2,1-2H3,(H3,21,22)(H,23,25)(H,24,26). The smallest absolute Gasteiger partial charge is 0.257 e. The number of halogens is 1. The SMILES string of the molecule is CNC(=O)COc1cc(C(=N)N)ccc1CNC(=O)C1=CC=C(F)C(C)C1. The van der Waals surface area contributed by atoms with Gasteiger partial charge in [0.1, 0.15) is 17.4 Å². The number of carbonyl (C=O) groups is 2. The average Bonchev–Trinajstić information content (AvgIpc) is 2.66. The van der Waals surface area contributed by atoms with Crippen LogP contribution in [0.5, 0.6) is 5.75 Å². The summed E-state index contributed by atoms with van der Waals surface area (Å²) >= 11 is 0. The summed E-state index contributed by atoms with van der Waals surface area (Å²) < 4.78 is 18.9. The van der Waals surface area contributed by atoms with Crippen molar-refractivity contribution >= 4 is 17.6 Å². The number of benzene rings is 1. The highest BCUT2D eigenvalue weighted by Crippen LogP contribution is 2.26. The quantitative estimate of drug-likeness (QED) is 0.428. The molecular weight excluding hydrogens is 351 g/mol. The van der Waals surface area contributed by atoms with E-state index in [0.717, 1.165) is 0 Å². The van der Waals surface area contributed by atoms with Gasteiger partial charge in [-0.15, -0.1) is 0 Å². The molecule has 2 amide bonds. The summed E-state index contributed by atoms with van der Waals surface area (Å²) in [6.45, 7) is 1.67. The van der Waals surface area contributed by atoms with Crippen molar-refractivity contribution in [1.29, 1.82) is 5.41 Å². The Hall–Kier alpha value is -3.16. The lowest BCUT2D eigenvalue weighted by Crippen LogP contribution is -2.27. The maximum absolute atomic E-state index is 13.4. The predicted molar refractivity (Wildman–Crippen MR) is 99.9 cm³/mol. The molecule has 5 N–H and O–H groups in total. The van der Waals surface area contributed by atoms with E-state index < -0.39 is 0 Å². The minimum atomic E-state index is -0.322. The van der Waals surface area contributed by atoms with Gasteiger partial charge >= 0.3 is 0 Å². The van der Waals surface area contributed by atoms with Crippen molar-refractivity contribution in [2.24, 2.45) is 11.7 Å². The van der Waals surface area contributed by atoms with Crippen LogP contribution in [0.2, 0.25) is 0 Å². The van der Waals surface area contributed by atoms with Crippen LogP contribution in [0.15, 0.2) is 41.8 Å². The number of rotatable bonds is 7. The molecule has 1 aliphatic carbocycles. The summed E-state index contributed by atoms with van der Waals surface area (Å²) in [4.78, 5) is 23.8. The lowest BCUT2D eigenvalue weighted by atomic mass is 9.94. The molecule has 0 aromatic heterocycles. The molecule has 144 valence electrons. The molecule has 7 nitrogen and oxygen atoms in total. The summed E-state index contributed by atoms with van der Waals surface area (Å²) in [5.74, 6) is -0.950. The van der Waals surface area contributed by atoms with Gasteiger partial charge in [-0.1, -0.05) is 25.1 Å². The molecule has 1 unspecified atom stereocenters. The molecule has 8 heteroatoms. The zero-order valence-electron chi connectivity index (χ0n) is 15.3. The number of hydrogen-bond acceptors (Lipinski definition) is 4. The fourth-order valence-corrected chi connectivity index (χ4v) is 2.52. The molecule has 1 atom stereocenters. The predicted octanol–water partition coefficient (Wildman–Crippen LogP) is 1.53. The third-order valence-electron chi connectivity index (χ3n) is 4.19. The number of likely N-dealkylation sites (N-methyl/N-ethyl adjacent to an activating group) is 1. The minimum Gasteiger partial charge on any atom is -0.483 e. The minimum absolute atomic E-state index is 0.134. The first-order chi connectivity index (χ1) is 12.8. The number of carbonyl (C=O) groups excluding carboxylic acids is 2. The van der Waals surface area contributed by atoms with Crippen LogP contribution in [0, 0.1) is 11.3 Å². The average molecular weight is 374 g/mol. The Morgan fingerprint density at radius 1 is 1.37 bits per heavy atom. The van der Waals surface area contributed by atoms with Crippen molar-refractivity contribution in [3.05, 3.63) is 52.9 Å². The molecule has 27 heavy (non-hydrogen) atoms. The molecule has 0 aliphatic heterocycles. The van der Waals surface area contributed by atoms with Crippen molar-refractivity contribution in [2.45, 2.75) is 19.9 Å². The molecule has 0 spiro atoms. The number of nitrogens with two attached hydrogens (primary N) is 1. The van der Waals surface area contributed by atoms with Gasteiger partial charge < -0.3 is 21.1 Å². The molecule has 0 saturated carbocycles. The Morgan fingerprint density at radius 3 is 2.74 bits per heavy atom. The van der Waals surface area contributed by atoms with E-state index in [2.05, 4.69) is 10.6 Å². The molecule has 0 heterocycles. The van der Waals surface area contributed by atoms with Crippen LogP contribution in [-0.2, 0) is 16.1 Å². The third-order valence-corrected chi connectivity index (χ3v) is 4.19. The van der Waals surface area contributed by atoms with Gasteiger partial charge in [-0.05, 0) is 18.6 Å². The zero-order valence-corrected chi connectivity index (χ0v) is 15.3. The van der Waals surface area contributed by atoms with Crippen LogP contribution in [-0.4, -0.2) is 31.3 Å². The molecule has 0 bridgehead atoms. The zero-order chi connectivity index (χ0) is 20.0. The molecule has 2 rings (SSSR count). The van der Waals surface area contributed by atoms with Crippen LogP contribution in [0.4, 0.5) is 4.39 Å². The summed E-state index contributed by atoms with van der Waals surface area (Å²) in [7, 11) is 1.50. The van der Waals surface area contributed by atoms with Crippen molar-refractivity contribution in [2.75, 3.05) is 13.7 Å². The largest absolute Gasteiger partial charge is 0.483 e. The van der Waals surface area contributed by atoms with Gasteiger partial charge in [0.15, 0.2) is 6.61 Å². The first-order valence-electron chi connectivity index (χ1n) is 8.47. The molecule has 1 aliphatic rings. The fraction of sp³-hybridized carbons (Fsp3) is 0.316. The van der Waals surface area contributed by atoms with Gasteiger partial charge in [0.25, 0.3) is 5.91 Å². The maximum Gasteiger partial charge on any atom is 0.257 e. The number of hydrogen-bond donors (Lipinski definition) is 4. The van der Waals surface area contributed by atoms with Crippen LogP contribution in [0.3, 0.4) is 0 Å². The van der Waals surface area contributed by atoms with Crippen molar-refractivity contribution < 1.29 is 18.7 Å². The summed E-state index contributed by atoms with van der Waals surface area (Å²) in [5, 5.41) is 12.7. The first kappa shape index (κ1) is 20.2. The van der Waals surface area contributed by atoms with Gasteiger partial charge in [0.2, 0.25) is 5.91 Å². The topological polar surface area (TPSA) is 117 Å². The van der Waals surface area contributed by atoms with E-state index in [9.17, 15) is 14.0 Å². The Kier molecular flexibility index (Phi) is 6.70. The highest BCUT2D eigenvalue weighted by atomic mass is 19.1. The summed E-state index contributed by atoms with van der Waals surface area (Å²) in [5.41, 5.74) is 7.07. The van der Waals surface area contributed by atoms with Crippen LogP contribution in [0.1, 0.15) is 24.5 Å². The van der Waals surface area contributed by atoms with E-state index in [1.54, 1.807) is 25.1 Å². The summed E-state index contributed by atoms with van der Waals surface area (Å²) in [6, 6.07) is 4.86. The molecular formula is C19H23FN4O3. The summed E-state index contributed by atoms with van der Waals surface area (Å²) in [6.07, 6.45) is 3.12. The molecule has 0 fully saturated rings. The van der Waals surface area contributed by atoms with Gasteiger partial charge in [0.05, 0.1) is 0 Å². The second-order valence-corrected chi connectivity index (χ2v) is 6.23. The van der Waals surface area contributed by atoms with Crippen LogP contribution in [0.25, 0.3) is 0 Å². The Bertz CT molecular complexity index is 817. The molecule has 1 aromatic rings. The lowest BCUT2D eigenvalue weighted by molar-refractivity contribution is -0.122. The number of nitrogen functional groups attached to an aromatic ring is 1. The van der Waals surface area contributed by atoms with Crippen LogP contribution >= 0.6 is 0 Å². The second kappa shape index (κ2) is 8.98. The van der Waals surface area contributed by atoms with E-state index in [0.29, 0.717) is 28.9 Å². The van der Waals surface area contributed by atoms with E-state index in [1.807, 2.05) is 0 Å². The van der Waals surface area contributed by atoms with Gasteiger partial charge in [-0.2, -0.15) is 0 Å². The van der Waals surface area contributed by atoms with E-state index in [1.165, 1.54) is 19.2 Å². The van der Waals surface area contributed by atoms with Crippen molar-refractivity contribution in [3.8, 4) is 5.75 Å². The van der Waals surface area contributed by atoms with Crippen LogP contribution < -0.4 is 21.1 Å². The second-order valence-electron chi connectivity index (χ2n) is 6.23. The monoisotopic (exact) mass is 374 g/mol. The number of nitrogens with one attached hydrogen (secondary N) is 3. The molecule has 0 saturated heterocycles. The van der Waals surface area contributed by atoms with Gasteiger partial charge in [-0.3, -0.25) is 15.0 Å². The Labute approximate surface area is 157 Å². The lowest BCUT2D eigenvalue weighted by Gasteiger charge is -2.17. The molecule has 1 aromatic carbocycles. The van der Waals surface area contributed by atoms with Gasteiger partial charge in [0, 0.05) is 36.2 Å². The van der Waals surface area contributed by atoms with E-state index >= 15 is 0 Å². The number of amides is 2. The third kappa shape index (κ3) is 5.40. The Balaban J connectivity index is 2.11. The first-order valence-corrected chi connectivity index (χ1v) is 8.47. The van der Waals surface area contributed by atoms with Gasteiger partial charge in [-0.25, -0.2) is 4.39 Å². The highest BCUT2D eigenvalue weighted by molar-refractivity contribution is 5.96. The van der Waals surface area contributed by atoms with E-state index in [4.69, 9.17) is 15.9 Å². The Morgan fingerprint density at radius 2 is 2.11 bits per heavy atom. The maximum atomic E-state index is 13.4. The fourth-order valence-electron chi connectivity index (χ4n) is 2.52. The van der Waals surface area contributed by atoms with Crippen molar-refractivity contribution in [3.63, 3.8) is 0 Å². The highest BCUT2D eigenvalue weighted by Gasteiger charge is 2.20. The molecule has 0 radical (unpaired) electrons. The normalized spacial score (nSPS) is 16.0. The number of allylic oxidation sites excluding steroid dienone is 3. The van der Waals surface area contributed by atoms with Crippen molar-refractivity contribution in [1.82, 2.24) is 10.6 Å². The number of ether oxygens (including phenoxy) is 1.